The van der Waals surface area contributed by atoms with Crippen LogP contribution in [0, 0.1) is 0 Å². The lowest BCUT2D eigenvalue weighted by molar-refractivity contribution is 0.0509. The van der Waals surface area contributed by atoms with Crippen LogP contribution in [-0.4, -0.2) is 19.6 Å². The summed E-state index contributed by atoms with van der Waals surface area (Å²) in [5, 5.41) is 15.0. The lowest BCUT2D eigenvalue weighted by Crippen LogP contribution is -2.27. The second-order valence-corrected chi connectivity index (χ2v) is 5.37. The molecule has 0 aliphatic rings. The Morgan fingerprint density at radius 1 is 1.35 bits per heavy atom. The number of nitrogens with two attached hydrogens (primary N) is 1. The molecule has 0 aliphatic carbocycles. The molecule has 5 nitrogen and oxygen atoms in total. The summed E-state index contributed by atoms with van der Waals surface area (Å²) >= 11 is 11.7. The standard InChI is InChI=1S/C9H11Cl2NO4S/c1-5(16-17(12,14)15)9(13)8-6(10)3-2-4-7(8)11/h2-5,9,13H,1H3,(H2,12,14,15)/t5-,9+/m0/s1. The Hall–Kier alpha value is -0.370. The first-order chi connectivity index (χ1) is 7.72. The lowest BCUT2D eigenvalue weighted by Gasteiger charge is -2.20. The number of benzene rings is 1. The highest BCUT2D eigenvalue weighted by Crippen LogP contribution is 2.32. The molecular formula is C9H11Cl2NO4S. The van der Waals surface area contributed by atoms with Crippen molar-refractivity contribution in [1.82, 2.24) is 0 Å². The first-order valence-corrected chi connectivity index (χ1v) is 6.78. The maximum absolute atomic E-state index is 10.7. The van der Waals surface area contributed by atoms with Gasteiger partial charge >= 0.3 is 10.3 Å². The Bertz CT molecular complexity index is 485. The molecule has 0 radical (unpaired) electrons. The fraction of sp³-hybridized carbons (Fsp3) is 0.333. The van der Waals surface area contributed by atoms with Gasteiger partial charge in [-0.3, -0.25) is 4.18 Å². The van der Waals surface area contributed by atoms with Gasteiger partial charge in [-0.1, -0.05) is 29.3 Å². The van der Waals surface area contributed by atoms with E-state index in [0.717, 1.165) is 0 Å². The lowest BCUT2D eigenvalue weighted by atomic mass is 10.1. The first kappa shape index (κ1) is 14.7. The molecule has 8 heteroatoms. The van der Waals surface area contributed by atoms with Crippen molar-refractivity contribution >= 4 is 33.5 Å². The Kier molecular flexibility index (Phi) is 4.77. The third-order valence-electron chi connectivity index (χ3n) is 2.03. The minimum atomic E-state index is -4.15. The normalized spacial score (nSPS) is 15.6. The van der Waals surface area contributed by atoms with Gasteiger partial charge in [-0.05, 0) is 19.1 Å². The second kappa shape index (κ2) is 5.51. The van der Waals surface area contributed by atoms with E-state index < -0.39 is 22.5 Å². The predicted molar refractivity (Wildman–Crippen MR) is 65.1 cm³/mol. The summed E-state index contributed by atoms with van der Waals surface area (Å²) in [5.74, 6) is 0. The van der Waals surface area contributed by atoms with E-state index >= 15 is 0 Å². The smallest absolute Gasteiger partial charge is 0.333 e. The van der Waals surface area contributed by atoms with Crippen molar-refractivity contribution in [2.75, 3.05) is 0 Å². The highest BCUT2D eigenvalue weighted by atomic mass is 35.5. The SMILES string of the molecule is C[C@H](OS(N)(=O)=O)[C@@H](O)c1c(Cl)cccc1Cl. The van der Waals surface area contributed by atoms with E-state index in [1.807, 2.05) is 0 Å². The molecule has 17 heavy (non-hydrogen) atoms. The Labute approximate surface area is 109 Å². The van der Waals surface area contributed by atoms with Gasteiger partial charge in [0, 0.05) is 15.6 Å². The topological polar surface area (TPSA) is 89.6 Å². The largest absolute Gasteiger partial charge is 0.386 e. The van der Waals surface area contributed by atoms with E-state index in [0.29, 0.717) is 0 Å². The van der Waals surface area contributed by atoms with Gasteiger partial charge in [0.2, 0.25) is 0 Å². The molecule has 0 aromatic heterocycles. The molecule has 0 amide bonds. The summed E-state index contributed by atoms with van der Waals surface area (Å²) in [6.45, 7) is 1.34. The zero-order chi connectivity index (χ0) is 13.2. The molecule has 96 valence electrons. The van der Waals surface area contributed by atoms with Crippen LogP contribution in [-0.2, 0) is 14.5 Å². The zero-order valence-corrected chi connectivity index (χ0v) is 11.1. The number of aliphatic hydroxyl groups excluding tert-OH is 1. The maximum atomic E-state index is 10.7. The van der Waals surface area contributed by atoms with Crippen molar-refractivity contribution in [3.63, 3.8) is 0 Å². The zero-order valence-electron chi connectivity index (χ0n) is 8.80. The molecule has 0 spiro atoms. The van der Waals surface area contributed by atoms with E-state index in [9.17, 15) is 13.5 Å². The molecule has 0 heterocycles. The number of hydrogen-bond acceptors (Lipinski definition) is 4. The van der Waals surface area contributed by atoms with Crippen molar-refractivity contribution < 1.29 is 17.7 Å². The van der Waals surface area contributed by atoms with Crippen LogP contribution >= 0.6 is 23.2 Å². The molecule has 2 atom stereocenters. The van der Waals surface area contributed by atoms with Crippen molar-refractivity contribution in [2.24, 2.45) is 5.14 Å². The molecule has 3 N–H and O–H groups in total. The van der Waals surface area contributed by atoms with E-state index in [-0.39, 0.29) is 15.6 Å². The van der Waals surface area contributed by atoms with Crippen LogP contribution in [0.5, 0.6) is 0 Å². The van der Waals surface area contributed by atoms with Crippen molar-refractivity contribution in [3.8, 4) is 0 Å². The van der Waals surface area contributed by atoms with Gasteiger partial charge in [0.25, 0.3) is 0 Å². The summed E-state index contributed by atoms with van der Waals surface area (Å²) in [5.41, 5.74) is 0.201. The van der Waals surface area contributed by atoms with Crippen LogP contribution in [0.15, 0.2) is 18.2 Å². The van der Waals surface area contributed by atoms with Crippen LogP contribution in [0.2, 0.25) is 10.0 Å². The Morgan fingerprint density at radius 3 is 2.24 bits per heavy atom. The minimum absolute atomic E-state index is 0.201. The highest BCUT2D eigenvalue weighted by molar-refractivity contribution is 7.84. The molecule has 0 saturated carbocycles. The van der Waals surface area contributed by atoms with Gasteiger partial charge in [-0.25, -0.2) is 5.14 Å². The Morgan fingerprint density at radius 2 is 1.82 bits per heavy atom. The Balaban J connectivity index is 3.00. The predicted octanol–water partition coefficient (Wildman–Crippen LogP) is 1.64. The van der Waals surface area contributed by atoms with Crippen LogP contribution in [0.25, 0.3) is 0 Å². The summed E-state index contributed by atoms with van der Waals surface area (Å²) in [7, 11) is -4.15. The number of halogens is 2. The fourth-order valence-electron chi connectivity index (χ4n) is 1.29. The molecule has 1 rings (SSSR count). The molecule has 0 unspecified atom stereocenters. The molecule has 0 bridgehead atoms. The minimum Gasteiger partial charge on any atom is -0.386 e. The van der Waals surface area contributed by atoms with Crippen LogP contribution in [0.3, 0.4) is 0 Å². The molecule has 1 aromatic rings. The number of hydrogen-bond donors (Lipinski definition) is 2. The quantitative estimate of drug-likeness (QED) is 0.884. The van der Waals surface area contributed by atoms with Crippen LogP contribution in [0.4, 0.5) is 0 Å². The van der Waals surface area contributed by atoms with E-state index in [4.69, 9.17) is 28.3 Å². The van der Waals surface area contributed by atoms with Gasteiger partial charge in [0.05, 0.1) is 0 Å². The van der Waals surface area contributed by atoms with Gasteiger partial charge in [0.1, 0.15) is 12.2 Å². The van der Waals surface area contributed by atoms with Gasteiger partial charge < -0.3 is 5.11 Å². The van der Waals surface area contributed by atoms with Crippen LogP contribution < -0.4 is 5.14 Å². The van der Waals surface area contributed by atoms with Gasteiger partial charge in [0.15, 0.2) is 0 Å². The van der Waals surface area contributed by atoms with Gasteiger partial charge in [-0.15, -0.1) is 0 Å². The molecule has 1 aromatic carbocycles. The highest BCUT2D eigenvalue weighted by Gasteiger charge is 2.25. The summed E-state index contributed by atoms with van der Waals surface area (Å²) < 4.78 is 25.9. The number of rotatable bonds is 4. The van der Waals surface area contributed by atoms with Crippen molar-refractivity contribution in [2.45, 2.75) is 19.1 Å². The summed E-state index contributed by atoms with van der Waals surface area (Å²) in [4.78, 5) is 0. The molecule has 0 aliphatic heterocycles. The van der Waals surface area contributed by atoms with Crippen molar-refractivity contribution in [3.05, 3.63) is 33.8 Å². The van der Waals surface area contributed by atoms with Gasteiger partial charge in [-0.2, -0.15) is 8.42 Å². The average molecular weight is 300 g/mol. The third kappa shape index (κ3) is 4.09. The van der Waals surface area contributed by atoms with E-state index in [1.165, 1.54) is 19.1 Å². The van der Waals surface area contributed by atoms with E-state index in [2.05, 4.69) is 4.18 Å². The molecule has 0 fully saturated rings. The molecular weight excluding hydrogens is 289 g/mol. The maximum Gasteiger partial charge on any atom is 0.333 e. The number of aliphatic hydroxyl groups is 1. The summed E-state index contributed by atoms with van der Waals surface area (Å²) in [6.07, 6.45) is -2.39. The summed E-state index contributed by atoms with van der Waals surface area (Å²) in [6, 6.07) is 4.65. The monoisotopic (exact) mass is 299 g/mol. The first-order valence-electron chi connectivity index (χ1n) is 4.55. The molecule has 0 saturated heterocycles. The fourth-order valence-corrected chi connectivity index (χ4v) is 2.44. The van der Waals surface area contributed by atoms with Crippen LogP contribution in [0.1, 0.15) is 18.6 Å². The van der Waals surface area contributed by atoms with Crippen molar-refractivity contribution in [1.29, 1.82) is 0 Å². The third-order valence-corrected chi connectivity index (χ3v) is 3.26. The average Bonchev–Trinajstić information content (AvgIpc) is 2.14. The second-order valence-electron chi connectivity index (χ2n) is 3.37. The van der Waals surface area contributed by atoms with E-state index in [1.54, 1.807) is 6.07 Å².